The van der Waals surface area contributed by atoms with E-state index in [0.29, 0.717) is 30.0 Å². The Balaban J connectivity index is 1.76. The number of rotatable bonds is 8. The van der Waals surface area contributed by atoms with E-state index < -0.39 is 5.97 Å². The average molecular weight is 284 g/mol. The highest BCUT2D eigenvalue weighted by Crippen LogP contribution is 2.27. The predicted octanol–water partition coefficient (Wildman–Crippen LogP) is 2.66. The normalized spacial score (nSPS) is 14.6. The van der Waals surface area contributed by atoms with Crippen LogP contribution in [-0.4, -0.2) is 41.7 Å². The number of ether oxygens (including phenoxy) is 1. The van der Waals surface area contributed by atoms with Gasteiger partial charge in [-0.2, -0.15) is 0 Å². The second-order valence-electron chi connectivity index (χ2n) is 4.69. The number of halogens is 1. The van der Waals surface area contributed by atoms with Gasteiger partial charge in [0.1, 0.15) is 12.4 Å². The Hall–Kier alpha value is -1.26. The second-order valence-corrected chi connectivity index (χ2v) is 5.10. The van der Waals surface area contributed by atoms with Crippen molar-refractivity contribution in [3.8, 4) is 5.75 Å². The molecule has 1 aliphatic rings. The average Bonchev–Trinajstić information content (AvgIpc) is 3.19. The molecule has 0 amide bonds. The van der Waals surface area contributed by atoms with Gasteiger partial charge in [-0.3, -0.25) is 9.69 Å². The Morgan fingerprint density at radius 2 is 2.11 bits per heavy atom. The van der Waals surface area contributed by atoms with Gasteiger partial charge in [0, 0.05) is 19.1 Å². The molecule has 0 aliphatic heterocycles. The minimum absolute atomic E-state index is 0.183. The van der Waals surface area contributed by atoms with Crippen molar-refractivity contribution in [2.45, 2.75) is 25.3 Å². The molecule has 1 aliphatic carbocycles. The van der Waals surface area contributed by atoms with Gasteiger partial charge in [0.25, 0.3) is 0 Å². The molecule has 0 aromatic heterocycles. The summed E-state index contributed by atoms with van der Waals surface area (Å²) < 4.78 is 5.63. The summed E-state index contributed by atoms with van der Waals surface area (Å²) in [4.78, 5) is 12.8. The SMILES string of the molecule is O=C(O)CCN(CCOc1ccccc1Cl)C1CC1. The van der Waals surface area contributed by atoms with Gasteiger partial charge in [0.2, 0.25) is 0 Å². The monoisotopic (exact) mass is 283 g/mol. The lowest BCUT2D eigenvalue weighted by atomic mass is 10.3. The largest absolute Gasteiger partial charge is 0.491 e. The zero-order valence-corrected chi connectivity index (χ0v) is 11.5. The molecule has 0 radical (unpaired) electrons. The maximum absolute atomic E-state index is 10.6. The molecule has 0 heterocycles. The van der Waals surface area contributed by atoms with Crippen LogP contribution in [0.15, 0.2) is 24.3 Å². The Morgan fingerprint density at radius 3 is 2.74 bits per heavy atom. The zero-order chi connectivity index (χ0) is 13.7. The lowest BCUT2D eigenvalue weighted by Crippen LogP contribution is -2.32. The van der Waals surface area contributed by atoms with E-state index in [1.807, 2.05) is 18.2 Å². The number of para-hydroxylation sites is 1. The maximum Gasteiger partial charge on any atom is 0.304 e. The topological polar surface area (TPSA) is 49.8 Å². The summed E-state index contributed by atoms with van der Waals surface area (Å²) >= 11 is 6.00. The number of aliphatic carboxylic acids is 1. The number of carboxylic acids is 1. The molecule has 1 N–H and O–H groups in total. The molecule has 0 bridgehead atoms. The van der Waals surface area contributed by atoms with Crippen LogP contribution in [0.3, 0.4) is 0 Å². The van der Waals surface area contributed by atoms with Crippen molar-refractivity contribution in [2.24, 2.45) is 0 Å². The molecule has 104 valence electrons. The van der Waals surface area contributed by atoms with Gasteiger partial charge >= 0.3 is 5.97 Å². The first-order chi connectivity index (χ1) is 9.16. The van der Waals surface area contributed by atoms with Gasteiger partial charge in [0.15, 0.2) is 0 Å². The minimum Gasteiger partial charge on any atom is -0.491 e. The first-order valence-corrected chi connectivity index (χ1v) is 6.88. The summed E-state index contributed by atoms with van der Waals surface area (Å²) in [5.74, 6) is -0.0733. The highest BCUT2D eigenvalue weighted by molar-refractivity contribution is 6.32. The fourth-order valence-electron chi connectivity index (χ4n) is 1.99. The van der Waals surface area contributed by atoms with Crippen LogP contribution in [0, 0.1) is 0 Å². The molecule has 1 saturated carbocycles. The molecular formula is C14H18ClNO3. The molecule has 4 nitrogen and oxygen atoms in total. The van der Waals surface area contributed by atoms with E-state index in [0.717, 1.165) is 19.4 Å². The van der Waals surface area contributed by atoms with Crippen molar-refractivity contribution in [3.63, 3.8) is 0 Å². The predicted molar refractivity (Wildman–Crippen MR) is 73.8 cm³/mol. The van der Waals surface area contributed by atoms with E-state index >= 15 is 0 Å². The van der Waals surface area contributed by atoms with Gasteiger partial charge in [-0.05, 0) is 25.0 Å². The molecule has 5 heteroatoms. The van der Waals surface area contributed by atoms with Crippen molar-refractivity contribution in [1.82, 2.24) is 4.90 Å². The van der Waals surface area contributed by atoms with E-state index in [9.17, 15) is 4.79 Å². The van der Waals surface area contributed by atoms with E-state index in [-0.39, 0.29) is 6.42 Å². The van der Waals surface area contributed by atoms with Gasteiger partial charge in [0.05, 0.1) is 11.4 Å². The number of carbonyl (C=O) groups is 1. The molecule has 0 spiro atoms. The fraction of sp³-hybridized carbons (Fsp3) is 0.500. The highest BCUT2D eigenvalue weighted by atomic mass is 35.5. The van der Waals surface area contributed by atoms with Crippen LogP contribution in [0.5, 0.6) is 5.75 Å². The molecule has 1 aromatic carbocycles. The molecular weight excluding hydrogens is 266 g/mol. The van der Waals surface area contributed by atoms with Crippen molar-refractivity contribution in [2.75, 3.05) is 19.7 Å². The molecule has 2 rings (SSSR count). The lowest BCUT2D eigenvalue weighted by molar-refractivity contribution is -0.137. The molecule has 1 aromatic rings. The van der Waals surface area contributed by atoms with Gasteiger partial charge in [-0.1, -0.05) is 23.7 Å². The van der Waals surface area contributed by atoms with Crippen LogP contribution in [0.25, 0.3) is 0 Å². The lowest BCUT2D eigenvalue weighted by Gasteiger charge is -2.21. The highest BCUT2D eigenvalue weighted by Gasteiger charge is 2.28. The minimum atomic E-state index is -0.752. The van der Waals surface area contributed by atoms with Crippen molar-refractivity contribution < 1.29 is 14.6 Å². The Bertz CT molecular complexity index is 434. The van der Waals surface area contributed by atoms with Crippen LogP contribution in [0.4, 0.5) is 0 Å². The third-order valence-corrected chi connectivity index (χ3v) is 3.46. The Kier molecular flexibility index (Phi) is 5.05. The van der Waals surface area contributed by atoms with E-state index in [1.165, 1.54) is 0 Å². The summed E-state index contributed by atoms with van der Waals surface area (Å²) in [7, 11) is 0. The number of carboxylic acid groups (broad SMARTS) is 1. The Morgan fingerprint density at radius 1 is 1.37 bits per heavy atom. The fourth-order valence-corrected chi connectivity index (χ4v) is 2.18. The summed E-state index contributed by atoms with van der Waals surface area (Å²) in [6.07, 6.45) is 2.50. The van der Waals surface area contributed by atoms with Gasteiger partial charge in [-0.25, -0.2) is 0 Å². The van der Waals surface area contributed by atoms with Crippen LogP contribution in [0.2, 0.25) is 5.02 Å². The molecule has 0 unspecified atom stereocenters. The smallest absolute Gasteiger partial charge is 0.304 e. The molecule has 0 atom stereocenters. The number of hydrogen-bond donors (Lipinski definition) is 1. The van der Waals surface area contributed by atoms with Crippen molar-refractivity contribution in [3.05, 3.63) is 29.3 Å². The van der Waals surface area contributed by atoms with Crippen LogP contribution in [-0.2, 0) is 4.79 Å². The summed E-state index contributed by atoms with van der Waals surface area (Å²) in [5.41, 5.74) is 0. The molecule has 0 saturated heterocycles. The first kappa shape index (κ1) is 14.2. The standard InChI is InChI=1S/C14H18ClNO3/c15-12-3-1-2-4-13(12)19-10-9-16(11-5-6-11)8-7-14(17)18/h1-4,11H,5-10H2,(H,17,18). The van der Waals surface area contributed by atoms with Crippen LogP contribution < -0.4 is 4.74 Å². The third-order valence-electron chi connectivity index (χ3n) is 3.15. The first-order valence-electron chi connectivity index (χ1n) is 6.50. The van der Waals surface area contributed by atoms with Gasteiger partial charge < -0.3 is 9.84 Å². The van der Waals surface area contributed by atoms with Crippen LogP contribution >= 0.6 is 11.6 Å². The van der Waals surface area contributed by atoms with E-state index in [2.05, 4.69) is 4.90 Å². The third kappa shape index (κ3) is 4.73. The van der Waals surface area contributed by atoms with Crippen LogP contribution in [0.1, 0.15) is 19.3 Å². The van der Waals surface area contributed by atoms with E-state index in [1.54, 1.807) is 6.07 Å². The van der Waals surface area contributed by atoms with Gasteiger partial charge in [-0.15, -0.1) is 0 Å². The quantitative estimate of drug-likeness (QED) is 0.797. The summed E-state index contributed by atoms with van der Waals surface area (Å²) in [5, 5.41) is 9.33. The van der Waals surface area contributed by atoms with E-state index in [4.69, 9.17) is 21.4 Å². The second kappa shape index (κ2) is 6.78. The molecule has 19 heavy (non-hydrogen) atoms. The summed E-state index contributed by atoms with van der Waals surface area (Å²) in [6, 6.07) is 7.90. The van der Waals surface area contributed by atoms with Crippen molar-refractivity contribution in [1.29, 1.82) is 0 Å². The number of benzene rings is 1. The zero-order valence-electron chi connectivity index (χ0n) is 10.7. The number of nitrogens with zero attached hydrogens (tertiary/aromatic N) is 1. The maximum atomic E-state index is 10.6. The van der Waals surface area contributed by atoms with Crippen molar-refractivity contribution >= 4 is 17.6 Å². The molecule has 1 fully saturated rings. The number of hydrogen-bond acceptors (Lipinski definition) is 3. The Labute approximate surface area is 117 Å². The summed E-state index contributed by atoms with van der Waals surface area (Å²) in [6.45, 7) is 1.86.